The summed E-state index contributed by atoms with van der Waals surface area (Å²) in [6.45, 7) is 4.63. The fourth-order valence-electron chi connectivity index (χ4n) is 3.31. The number of aliphatic hydroxyl groups is 1. The molecule has 0 bridgehead atoms. The number of hydrogen-bond acceptors (Lipinski definition) is 3. The average molecular weight is 315 g/mol. The van der Waals surface area contributed by atoms with Gasteiger partial charge in [0.25, 0.3) is 0 Å². The van der Waals surface area contributed by atoms with Crippen LogP contribution in [0.15, 0.2) is 54.6 Å². The predicted octanol–water partition coefficient (Wildman–Crippen LogP) is 3.11. The number of ether oxygens (including phenoxy) is 1. The molecule has 0 radical (unpaired) electrons. The Morgan fingerprint density at radius 2 is 1.65 bits per heavy atom. The monoisotopic (exact) mass is 315 g/mol. The molecule has 1 heterocycles. The molecule has 4 heteroatoms. The fourth-order valence-corrected chi connectivity index (χ4v) is 3.31. The van der Waals surface area contributed by atoms with Crippen molar-refractivity contribution in [1.29, 1.82) is 0 Å². The maximum absolute atomic E-state index is 13.2. The van der Waals surface area contributed by atoms with Crippen LogP contribution in [0, 0.1) is 5.82 Å². The van der Waals surface area contributed by atoms with Crippen LogP contribution in [0.25, 0.3) is 0 Å². The highest BCUT2D eigenvalue weighted by Crippen LogP contribution is 2.39. The van der Waals surface area contributed by atoms with Gasteiger partial charge >= 0.3 is 0 Å². The second kappa shape index (κ2) is 6.79. The molecule has 0 spiro atoms. The summed E-state index contributed by atoms with van der Waals surface area (Å²) >= 11 is 0. The number of morpholine rings is 1. The van der Waals surface area contributed by atoms with E-state index >= 15 is 0 Å². The third kappa shape index (κ3) is 3.44. The summed E-state index contributed by atoms with van der Waals surface area (Å²) in [4.78, 5) is 2.24. The van der Waals surface area contributed by atoms with E-state index in [1.165, 1.54) is 12.1 Å². The zero-order valence-electron chi connectivity index (χ0n) is 13.3. The Morgan fingerprint density at radius 1 is 1.04 bits per heavy atom. The minimum absolute atomic E-state index is 0.210. The molecule has 122 valence electrons. The van der Waals surface area contributed by atoms with Crippen molar-refractivity contribution in [3.8, 4) is 0 Å². The van der Waals surface area contributed by atoms with Crippen molar-refractivity contribution >= 4 is 0 Å². The smallest absolute Gasteiger partial charge is 0.123 e. The van der Waals surface area contributed by atoms with Gasteiger partial charge in [-0.3, -0.25) is 4.90 Å². The van der Waals surface area contributed by atoms with Gasteiger partial charge in [0.2, 0.25) is 0 Å². The zero-order chi connectivity index (χ0) is 16.3. The van der Waals surface area contributed by atoms with Crippen LogP contribution in [0.1, 0.15) is 24.1 Å². The topological polar surface area (TPSA) is 32.7 Å². The van der Waals surface area contributed by atoms with Crippen molar-refractivity contribution < 1.29 is 14.2 Å². The van der Waals surface area contributed by atoms with E-state index in [2.05, 4.69) is 4.90 Å². The summed E-state index contributed by atoms with van der Waals surface area (Å²) in [5.41, 5.74) is 0.620. The molecule has 3 rings (SSSR count). The first-order chi connectivity index (χ1) is 11.1. The van der Waals surface area contributed by atoms with E-state index in [0.717, 1.165) is 18.7 Å². The highest BCUT2D eigenvalue weighted by atomic mass is 19.1. The second-order valence-corrected chi connectivity index (χ2v) is 6.12. The van der Waals surface area contributed by atoms with Crippen LogP contribution in [-0.2, 0) is 10.3 Å². The Morgan fingerprint density at radius 3 is 2.26 bits per heavy atom. The molecule has 23 heavy (non-hydrogen) atoms. The minimum atomic E-state index is -1.13. The van der Waals surface area contributed by atoms with Gasteiger partial charge in [-0.2, -0.15) is 0 Å². The van der Waals surface area contributed by atoms with Crippen molar-refractivity contribution in [2.75, 3.05) is 26.3 Å². The summed E-state index contributed by atoms with van der Waals surface area (Å²) in [5.74, 6) is -0.299. The van der Waals surface area contributed by atoms with E-state index in [4.69, 9.17) is 4.74 Å². The van der Waals surface area contributed by atoms with Crippen LogP contribution in [0.3, 0.4) is 0 Å². The standard InChI is InChI=1S/C19H22FNO2/c1-19(22,16-7-9-17(20)10-8-16)18(15-5-3-2-4-6-15)21-11-13-23-14-12-21/h2-10,18,22H,11-14H2,1H3. The molecule has 1 N–H and O–H groups in total. The molecule has 0 aromatic heterocycles. The molecule has 2 unspecified atom stereocenters. The lowest BCUT2D eigenvalue weighted by Crippen LogP contribution is -2.47. The first-order valence-corrected chi connectivity index (χ1v) is 7.94. The molecule has 1 saturated heterocycles. The van der Waals surface area contributed by atoms with Crippen molar-refractivity contribution in [2.24, 2.45) is 0 Å². The van der Waals surface area contributed by atoms with Crippen LogP contribution in [-0.4, -0.2) is 36.3 Å². The summed E-state index contributed by atoms with van der Waals surface area (Å²) in [6, 6.07) is 15.9. The minimum Gasteiger partial charge on any atom is -0.383 e. The van der Waals surface area contributed by atoms with Gasteiger partial charge in [-0.25, -0.2) is 4.39 Å². The molecule has 2 aromatic rings. The first-order valence-electron chi connectivity index (χ1n) is 7.94. The Labute approximate surface area is 136 Å². The Hall–Kier alpha value is -1.75. The molecule has 0 amide bonds. The molecular formula is C19H22FNO2. The van der Waals surface area contributed by atoms with Gasteiger partial charge in [0.1, 0.15) is 11.4 Å². The lowest BCUT2D eigenvalue weighted by molar-refractivity contribution is -0.0738. The maximum atomic E-state index is 13.2. The predicted molar refractivity (Wildman–Crippen MR) is 87.5 cm³/mol. The lowest BCUT2D eigenvalue weighted by atomic mass is 9.83. The lowest BCUT2D eigenvalue weighted by Gasteiger charge is -2.43. The van der Waals surface area contributed by atoms with Crippen molar-refractivity contribution in [2.45, 2.75) is 18.6 Å². The summed E-state index contributed by atoms with van der Waals surface area (Å²) in [5, 5.41) is 11.3. The fraction of sp³-hybridized carbons (Fsp3) is 0.368. The van der Waals surface area contributed by atoms with Crippen molar-refractivity contribution in [1.82, 2.24) is 4.90 Å². The highest BCUT2D eigenvalue weighted by Gasteiger charge is 2.39. The van der Waals surface area contributed by atoms with Gasteiger partial charge < -0.3 is 9.84 Å². The van der Waals surface area contributed by atoms with Gasteiger partial charge in [-0.1, -0.05) is 42.5 Å². The molecule has 0 saturated carbocycles. The SMILES string of the molecule is CC(O)(c1ccc(F)cc1)C(c1ccccc1)N1CCOCC1. The van der Waals surface area contributed by atoms with Gasteiger partial charge in [0, 0.05) is 13.1 Å². The van der Waals surface area contributed by atoms with E-state index < -0.39 is 5.60 Å². The van der Waals surface area contributed by atoms with Crippen molar-refractivity contribution in [3.63, 3.8) is 0 Å². The van der Waals surface area contributed by atoms with Crippen LogP contribution in [0.4, 0.5) is 4.39 Å². The van der Waals surface area contributed by atoms with E-state index in [1.54, 1.807) is 19.1 Å². The number of rotatable bonds is 4. The Kier molecular flexibility index (Phi) is 4.76. The molecule has 0 aliphatic carbocycles. The second-order valence-electron chi connectivity index (χ2n) is 6.12. The van der Waals surface area contributed by atoms with E-state index in [0.29, 0.717) is 18.8 Å². The quantitative estimate of drug-likeness (QED) is 0.941. The van der Waals surface area contributed by atoms with Gasteiger partial charge in [-0.15, -0.1) is 0 Å². The van der Waals surface area contributed by atoms with Gasteiger partial charge in [0.05, 0.1) is 19.3 Å². The average Bonchev–Trinajstić information content (AvgIpc) is 2.57. The van der Waals surface area contributed by atoms with Crippen molar-refractivity contribution in [3.05, 3.63) is 71.5 Å². The van der Waals surface area contributed by atoms with Crippen LogP contribution in [0.2, 0.25) is 0 Å². The van der Waals surface area contributed by atoms with E-state index in [1.807, 2.05) is 30.3 Å². The number of benzene rings is 2. The highest BCUT2D eigenvalue weighted by molar-refractivity contribution is 5.30. The van der Waals surface area contributed by atoms with Gasteiger partial charge in [0.15, 0.2) is 0 Å². The number of hydrogen-bond donors (Lipinski definition) is 1. The van der Waals surface area contributed by atoms with E-state index in [-0.39, 0.29) is 11.9 Å². The molecule has 1 aliphatic rings. The number of halogens is 1. The molecule has 1 fully saturated rings. The van der Waals surface area contributed by atoms with Gasteiger partial charge in [-0.05, 0) is 30.2 Å². The van der Waals surface area contributed by atoms with Crippen LogP contribution >= 0.6 is 0 Å². The Balaban J connectivity index is 2.00. The molecule has 1 aliphatic heterocycles. The molecule has 2 aromatic carbocycles. The molecule has 3 nitrogen and oxygen atoms in total. The largest absolute Gasteiger partial charge is 0.383 e. The first kappa shape index (κ1) is 16.1. The zero-order valence-corrected chi connectivity index (χ0v) is 13.3. The number of nitrogens with zero attached hydrogens (tertiary/aromatic N) is 1. The summed E-state index contributed by atoms with van der Waals surface area (Å²) in [7, 11) is 0. The van der Waals surface area contributed by atoms with Crippen LogP contribution in [0.5, 0.6) is 0 Å². The third-order valence-electron chi connectivity index (χ3n) is 4.49. The Bertz CT molecular complexity index is 622. The molecule has 2 atom stereocenters. The normalized spacial score (nSPS) is 20.0. The maximum Gasteiger partial charge on any atom is 0.123 e. The van der Waals surface area contributed by atoms with E-state index in [9.17, 15) is 9.50 Å². The summed E-state index contributed by atoms with van der Waals surface area (Å²) in [6.07, 6.45) is 0. The van der Waals surface area contributed by atoms with Crippen LogP contribution < -0.4 is 0 Å². The summed E-state index contributed by atoms with van der Waals surface area (Å²) < 4.78 is 18.7. The third-order valence-corrected chi connectivity index (χ3v) is 4.49. The molecular weight excluding hydrogens is 293 g/mol.